The Hall–Kier alpha value is -2.14. The van der Waals surface area contributed by atoms with Crippen LogP contribution in [0.1, 0.15) is 62.2 Å². The minimum atomic E-state index is -0.865. The third-order valence-electron chi connectivity index (χ3n) is 5.01. The Labute approximate surface area is 144 Å². The van der Waals surface area contributed by atoms with Gasteiger partial charge in [-0.15, -0.1) is 0 Å². The van der Waals surface area contributed by atoms with Crippen LogP contribution in [0.4, 0.5) is 8.78 Å². The van der Waals surface area contributed by atoms with Gasteiger partial charge >= 0.3 is 0 Å². The van der Waals surface area contributed by atoms with Crippen LogP contribution in [0.3, 0.4) is 0 Å². The summed E-state index contributed by atoms with van der Waals surface area (Å²) in [5.74, 6) is 5.47. The summed E-state index contributed by atoms with van der Waals surface area (Å²) in [6.07, 6.45) is 5.09. The summed E-state index contributed by atoms with van der Waals surface area (Å²) in [5, 5.41) is 0. The Morgan fingerprint density at radius 2 is 1.54 bits per heavy atom. The largest absolute Gasteiger partial charge is 0.203 e. The molecule has 0 spiro atoms. The fourth-order valence-corrected chi connectivity index (χ4v) is 3.31. The van der Waals surface area contributed by atoms with Gasteiger partial charge in [0.15, 0.2) is 11.6 Å². The van der Waals surface area contributed by atoms with Crippen molar-refractivity contribution < 1.29 is 10.2 Å². The molecule has 1 fully saturated rings. The molecule has 0 unspecified atom stereocenters. The zero-order chi connectivity index (χ0) is 17.1. The predicted molar refractivity (Wildman–Crippen MR) is 96.0 cm³/mol. The van der Waals surface area contributed by atoms with Crippen molar-refractivity contribution in [2.24, 2.45) is 5.92 Å². The van der Waals surface area contributed by atoms with Gasteiger partial charge in [-0.25, -0.2) is 8.78 Å². The van der Waals surface area contributed by atoms with Crippen molar-refractivity contribution in [3.8, 4) is 11.8 Å². The lowest BCUT2D eigenvalue weighted by atomic mass is 9.79. The number of hydrogen-bond donors (Lipinski definition) is 0. The summed E-state index contributed by atoms with van der Waals surface area (Å²) in [5.41, 5.74) is 2.58. The minimum Gasteiger partial charge on any atom is -0.203 e. The Morgan fingerprint density at radius 1 is 0.875 bits per heavy atom. The zero-order valence-electron chi connectivity index (χ0n) is 14.2. The second-order valence-electron chi connectivity index (χ2n) is 6.89. The molecule has 0 saturated heterocycles. The third-order valence-corrected chi connectivity index (χ3v) is 5.01. The van der Waals surface area contributed by atoms with Crippen LogP contribution in [-0.4, -0.2) is 0 Å². The van der Waals surface area contributed by atoms with Gasteiger partial charge in [0.05, 0.1) is 5.56 Å². The van der Waals surface area contributed by atoms with Gasteiger partial charge in [-0.2, -0.15) is 0 Å². The average Bonchev–Trinajstić information content (AvgIpc) is 2.60. The summed E-state index contributed by atoms with van der Waals surface area (Å²) < 4.78 is 27.4. The normalized spacial score (nSPS) is 20.3. The number of aryl methyl sites for hydroxylation is 1. The molecule has 24 heavy (non-hydrogen) atoms. The van der Waals surface area contributed by atoms with Gasteiger partial charge in [0, 0.05) is 6.99 Å². The van der Waals surface area contributed by atoms with Crippen molar-refractivity contribution >= 4 is 0 Å². The molecule has 0 radical (unpaired) electrons. The van der Waals surface area contributed by atoms with Gasteiger partial charge in [-0.1, -0.05) is 49.8 Å². The molecule has 1 aliphatic rings. The van der Waals surface area contributed by atoms with Crippen LogP contribution < -0.4 is 0 Å². The highest BCUT2D eigenvalue weighted by atomic mass is 19.2. The van der Waals surface area contributed by atoms with Gasteiger partial charge < -0.3 is 0 Å². The third kappa shape index (κ3) is 3.67. The lowest BCUT2D eigenvalue weighted by Gasteiger charge is -2.26. The highest BCUT2D eigenvalue weighted by molar-refractivity contribution is 5.45. The molecule has 2 heteroatoms. The molecule has 0 heterocycles. The molecule has 126 valence electrons. The van der Waals surface area contributed by atoms with Crippen molar-refractivity contribution in [1.82, 2.24) is 0 Å². The molecule has 1 aliphatic carbocycles. The zero-order valence-corrected chi connectivity index (χ0v) is 14.2. The first-order valence-corrected chi connectivity index (χ1v) is 8.61. The van der Waals surface area contributed by atoms with Crippen LogP contribution in [0.25, 0.3) is 0 Å². The maximum absolute atomic E-state index is 13.8. The Bertz CT molecular complexity index is 776. The van der Waals surface area contributed by atoms with Gasteiger partial charge in [-0.3, -0.25) is 0 Å². The molecule has 2 aromatic carbocycles. The van der Waals surface area contributed by atoms with Gasteiger partial charge in [0.1, 0.15) is 0 Å². The lowest BCUT2D eigenvalue weighted by molar-refractivity contribution is 0.348. The molecule has 0 aromatic heterocycles. The Kier molecular flexibility index (Phi) is 5.00. The standard InChI is InChI=1S/C22H22F2.H2/c1-15-3-9-18(10-4-15)19-12-6-17(7-13-19)8-14-20-11-5-16(2)21(23)22(20)24;/h5-7,11-13,15,18H,3-4,9-10H2,1-2H3;1H. The smallest absolute Gasteiger partial charge is 0.174 e. The van der Waals surface area contributed by atoms with E-state index in [2.05, 4.69) is 30.9 Å². The Morgan fingerprint density at radius 3 is 2.21 bits per heavy atom. The fourth-order valence-electron chi connectivity index (χ4n) is 3.31. The van der Waals surface area contributed by atoms with Gasteiger partial charge in [0.2, 0.25) is 0 Å². The molecule has 2 aromatic rings. The van der Waals surface area contributed by atoms with E-state index in [9.17, 15) is 8.78 Å². The monoisotopic (exact) mass is 326 g/mol. The number of rotatable bonds is 1. The van der Waals surface area contributed by atoms with Crippen molar-refractivity contribution in [2.75, 3.05) is 0 Å². The first-order chi connectivity index (χ1) is 11.5. The van der Waals surface area contributed by atoms with E-state index in [1.165, 1.54) is 37.3 Å². The quantitative estimate of drug-likeness (QED) is 0.546. The highest BCUT2D eigenvalue weighted by Gasteiger charge is 2.19. The van der Waals surface area contributed by atoms with E-state index in [4.69, 9.17) is 0 Å². The van der Waals surface area contributed by atoms with Crippen molar-refractivity contribution in [3.05, 3.63) is 70.3 Å². The second-order valence-corrected chi connectivity index (χ2v) is 6.89. The average molecular weight is 326 g/mol. The molecule has 3 rings (SSSR count). The van der Waals surface area contributed by atoms with Gasteiger partial charge in [0.25, 0.3) is 0 Å². The molecule has 0 amide bonds. The van der Waals surface area contributed by atoms with E-state index in [1.807, 2.05) is 12.1 Å². The van der Waals surface area contributed by atoms with Crippen LogP contribution >= 0.6 is 0 Å². The van der Waals surface area contributed by atoms with Crippen LogP contribution in [0.15, 0.2) is 36.4 Å². The molecule has 0 aliphatic heterocycles. The molecule has 0 nitrogen and oxygen atoms in total. The van der Waals surface area contributed by atoms with Crippen LogP contribution in [-0.2, 0) is 0 Å². The second kappa shape index (κ2) is 7.18. The van der Waals surface area contributed by atoms with Crippen molar-refractivity contribution in [3.63, 3.8) is 0 Å². The maximum atomic E-state index is 13.8. The summed E-state index contributed by atoms with van der Waals surface area (Å²) in [4.78, 5) is 0. The number of hydrogen-bond acceptors (Lipinski definition) is 0. The predicted octanol–water partition coefficient (Wildman–Crippen LogP) is 6.21. The number of benzene rings is 2. The van der Waals surface area contributed by atoms with Crippen molar-refractivity contribution in [2.45, 2.75) is 45.4 Å². The van der Waals surface area contributed by atoms with E-state index >= 15 is 0 Å². The topological polar surface area (TPSA) is 0 Å². The molecule has 1 saturated carbocycles. The van der Waals surface area contributed by atoms with Crippen LogP contribution in [0.5, 0.6) is 0 Å². The maximum Gasteiger partial charge on any atom is 0.174 e. The molecule has 0 atom stereocenters. The van der Waals surface area contributed by atoms with E-state index in [0.29, 0.717) is 11.5 Å². The van der Waals surface area contributed by atoms with Crippen LogP contribution in [0, 0.1) is 36.3 Å². The van der Waals surface area contributed by atoms with Gasteiger partial charge in [-0.05, 0) is 60.9 Å². The summed E-state index contributed by atoms with van der Waals surface area (Å²) in [7, 11) is 0. The molecule has 0 bridgehead atoms. The highest BCUT2D eigenvalue weighted by Crippen LogP contribution is 2.35. The molecular formula is C22H24F2. The van der Waals surface area contributed by atoms with Crippen molar-refractivity contribution in [1.29, 1.82) is 0 Å². The fraction of sp³-hybridized carbons (Fsp3) is 0.364. The number of halogens is 2. The van der Waals surface area contributed by atoms with E-state index < -0.39 is 11.6 Å². The lowest BCUT2D eigenvalue weighted by Crippen LogP contribution is -2.10. The van der Waals surface area contributed by atoms with Crippen LogP contribution in [0.2, 0.25) is 0 Å². The van der Waals surface area contributed by atoms with E-state index in [0.717, 1.165) is 11.5 Å². The summed E-state index contributed by atoms with van der Waals surface area (Å²) in [6, 6.07) is 11.3. The van der Waals surface area contributed by atoms with E-state index in [1.54, 1.807) is 13.0 Å². The first kappa shape index (κ1) is 16.7. The SMILES string of the molecule is Cc1ccc(C#Cc2ccc(C3CCC(C)CC3)cc2)c(F)c1F.[HH]. The summed E-state index contributed by atoms with van der Waals surface area (Å²) in [6.45, 7) is 3.86. The molecular weight excluding hydrogens is 302 g/mol. The minimum absolute atomic E-state index is 0. The molecule has 0 N–H and O–H groups in total. The van der Waals surface area contributed by atoms with E-state index in [-0.39, 0.29) is 6.99 Å². The Balaban J connectivity index is 0.00000225. The summed E-state index contributed by atoms with van der Waals surface area (Å²) >= 11 is 0. The first-order valence-electron chi connectivity index (χ1n) is 8.61.